The van der Waals surface area contributed by atoms with Gasteiger partial charge in [0.15, 0.2) is 5.11 Å². The number of benzene rings is 2. The van der Waals surface area contributed by atoms with Crippen LogP contribution in [0.2, 0.25) is 0 Å². The fourth-order valence-electron chi connectivity index (χ4n) is 3.38. The molecular formula is C22H25N3O3S. The topological polar surface area (TPSA) is 61.9 Å². The molecule has 0 bridgehead atoms. The van der Waals surface area contributed by atoms with Crippen molar-refractivity contribution in [2.45, 2.75) is 39.3 Å². The maximum absolute atomic E-state index is 13.1. The Bertz CT molecular complexity index is 884. The van der Waals surface area contributed by atoms with Crippen molar-refractivity contribution >= 4 is 40.5 Å². The van der Waals surface area contributed by atoms with Crippen molar-refractivity contribution in [1.82, 2.24) is 4.90 Å². The molecule has 6 nitrogen and oxygen atoms in total. The minimum atomic E-state index is -0.634. The number of nitrogens with one attached hydrogen (secondary N) is 1. The van der Waals surface area contributed by atoms with Gasteiger partial charge in [-0.05, 0) is 69.4 Å². The van der Waals surface area contributed by atoms with Crippen molar-refractivity contribution in [2.75, 3.05) is 16.8 Å². The van der Waals surface area contributed by atoms with E-state index in [9.17, 15) is 9.59 Å². The first-order chi connectivity index (χ1) is 13.9. The minimum absolute atomic E-state index is 0.0107. The normalized spacial score (nSPS) is 16.5. The molecule has 1 heterocycles. The molecule has 1 saturated heterocycles. The summed E-state index contributed by atoms with van der Waals surface area (Å²) in [6.45, 7) is 6.42. The largest absolute Gasteiger partial charge is 0.494 e. The first-order valence-corrected chi connectivity index (χ1v) is 10.1. The molecule has 0 saturated carbocycles. The summed E-state index contributed by atoms with van der Waals surface area (Å²) in [5.74, 6) is 0.318. The Hall–Kier alpha value is -2.93. The highest BCUT2D eigenvalue weighted by Gasteiger charge is 2.45. The molecule has 2 aromatic carbocycles. The summed E-state index contributed by atoms with van der Waals surface area (Å²) in [5.41, 5.74) is 1.37. The summed E-state index contributed by atoms with van der Waals surface area (Å²) < 4.78 is 5.41. The zero-order valence-corrected chi connectivity index (χ0v) is 17.6. The summed E-state index contributed by atoms with van der Waals surface area (Å²) in [5, 5.41) is 3.28. The van der Waals surface area contributed by atoms with Crippen LogP contribution >= 0.6 is 12.2 Å². The molecule has 0 spiro atoms. The first-order valence-electron chi connectivity index (χ1n) is 9.66. The van der Waals surface area contributed by atoms with Gasteiger partial charge in [-0.1, -0.05) is 18.2 Å². The van der Waals surface area contributed by atoms with Crippen LogP contribution in [0.25, 0.3) is 0 Å². The van der Waals surface area contributed by atoms with E-state index in [0.717, 1.165) is 5.75 Å². The van der Waals surface area contributed by atoms with Crippen LogP contribution in [0.3, 0.4) is 0 Å². The maximum Gasteiger partial charge on any atom is 0.256 e. The van der Waals surface area contributed by atoms with E-state index in [1.165, 1.54) is 4.90 Å². The van der Waals surface area contributed by atoms with E-state index in [1.807, 2.05) is 56.0 Å². The molecule has 0 unspecified atom stereocenters. The van der Waals surface area contributed by atoms with Crippen molar-refractivity contribution in [3.8, 4) is 5.75 Å². The van der Waals surface area contributed by atoms with Gasteiger partial charge in [0.2, 0.25) is 5.91 Å². The summed E-state index contributed by atoms with van der Waals surface area (Å²) in [4.78, 5) is 29.1. The molecular weight excluding hydrogens is 386 g/mol. The highest BCUT2D eigenvalue weighted by atomic mass is 32.1. The Kier molecular flexibility index (Phi) is 6.49. The third-order valence-electron chi connectivity index (χ3n) is 4.65. The fourth-order valence-corrected chi connectivity index (χ4v) is 3.91. The first kappa shape index (κ1) is 20.8. The van der Waals surface area contributed by atoms with E-state index in [4.69, 9.17) is 17.0 Å². The van der Waals surface area contributed by atoms with Crippen LogP contribution in [0.15, 0.2) is 54.6 Å². The van der Waals surface area contributed by atoms with Crippen LogP contribution in [-0.4, -0.2) is 40.5 Å². The molecule has 29 heavy (non-hydrogen) atoms. The smallest absolute Gasteiger partial charge is 0.256 e. The number of hydrogen-bond acceptors (Lipinski definition) is 4. The van der Waals surface area contributed by atoms with Crippen LogP contribution in [0.4, 0.5) is 11.4 Å². The Morgan fingerprint density at radius 1 is 1.14 bits per heavy atom. The number of carbonyl (C=O) groups is 2. The molecule has 3 rings (SSSR count). The number of nitrogens with zero attached hydrogens (tertiary/aromatic N) is 2. The molecule has 0 aromatic heterocycles. The number of rotatable bonds is 7. The molecule has 1 aliphatic rings. The molecule has 2 aromatic rings. The van der Waals surface area contributed by atoms with Gasteiger partial charge in [-0.15, -0.1) is 0 Å². The van der Waals surface area contributed by atoms with Gasteiger partial charge in [0, 0.05) is 11.7 Å². The van der Waals surface area contributed by atoms with E-state index in [2.05, 4.69) is 5.32 Å². The summed E-state index contributed by atoms with van der Waals surface area (Å²) >= 11 is 5.58. The molecule has 1 fully saturated rings. The lowest BCUT2D eigenvalue weighted by atomic mass is 10.1. The molecule has 7 heteroatoms. The number of ether oxygens (including phenoxy) is 1. The lowest BCUT2D eigenvalue weighted by Gasteiger charge is -2.27. The Balaban J connectivity index is 1.74. The molecule has 0 radical (unpaired) electrons. The SMILES string of the molecule is CCOc1ccc(NC(=O)C[C@@H]2C(=O)N(c3ccccc3)C(=S)N2C(C)C)cc1. The average molecular weight is 412 g/mol. The highest BCUT2D eigenvalue weighted by molar-refractivity contribution is 7.80. The van der Waals surface area contributed by atoms with Gasteiger partial charge in [0.1, 0.15) is 11.8 Å². The predicted octanol–water partition coefficient (Wildman–Crippen LogP) is 3.82. The monoisotopic (exact) mass is 411 g/mol. The summed E-state index contributed by atoms with van der Waals surface area (Å²) in [6.07, 6.45) is 0.0215. The van der Waals surface area contributed by atoms with Crippen LogP contribution in [0.1, 0.15) is 27.2 Å². The van der Waals surface area contributed by atoms with Crippen molar-refractivity contribution in [3.63, 3.8) is 0 Å². The predicted molar refractivity (Wildman–Crippen MR) is 118 cm³/mol. The quantitative estimate of drug-likeness (QED) is 0.702. The molecule has 1 aliphatic heterocycles. The number of amides is 2. The average Bonchev–Trinajstić information content (AvgIpc) is 2.94. The van der Waals surface area contributed by atoms with E-state index < -0.39 is 6.04 Å². The third-order valence-corrected chi connectivity index (χ3v) is 5.05. The molecule has 0 aliphatic carbocycles. The molecule has 152 valence electrons. The zero-order valence-electron chi connectivity index (χ0n) is 16.8. The fraction of sp³-hybridized carbons (Fsp3) is 0.318. The Labute approximate surface area is 176 Å². The molecule has 2 amide bonds. The number of carbonyl (C=O) groups excluding carboxylic acids is 2. The zero-order chi connectivity index (χ0) is 21.0. The van der Waals surface area contributed by atoms with E-state index in [1.54, 1.807) is 24.3 Å². The van der Waals surface area contributed by atoms with Gasteiger partial charge in [0.25, 0.3) is 5.91 Å². The van der Waals surface area contributed by atoms with Crippen molar-refractivity contribution in [2.24, 2.45) is 0 Å². The second-order valence-electron chi connectivity index (χ2n) is 7.02. The van der Waals surface area contributed by atoms with Crippen LogP contribution in [0.5, 0.6) is 5.75 Å². The van der Waals surface area contributed by atoms with Gasteiger partial charge in [-0.3, -0.25) is 14.5 Å². The van der Waals surface area contributed by atoms with Crippen LogP contribution < -0.4 is 15.0 Å². The molecule has 1 N–H and O–H groups in total. The van der Waals surface area contributed by atoms with Crippen LogP contribution in [0, 0.1) is 0 Å². The van der Waals surface area contributed by atoms with E-state index in [-0.39, 0.29) is 24.3 Å². The van der Waals surface area contributed by atoms with Crippen molar-refractivity contribution in [1.29, 1.82) is 0 Å². The number of para-hydroxylation sites is 1. The highest BCUT2D eigenvalue weighted by Crippen LogP contribution is 2.29. The van der Waals surface area contributed by atoms with Gasteiger partial charge < -0.3 is 15.0 Å². The molecule has 1 atom stereocenters. The summed E-state index contributed by atoms with van der Waals surface area (Å²) in [6, 6.07) is 15.8. The minimum Gasteiger partial charge on any atom is -0.494 e. The lowest BCUT2D eigenvalue weighted by Crippen LogP contribution is -2.42. The second-order valence-corrected chi connectivity index (χ2v) is 7.38. The number of thiocarbonyl (C=S) groups is 1. The van der Waals surface area contributed by atoms with E-state index >= 15 is 0 Å². The Morgan fingerprint density at radius 3 is 2.38 bits per heavy atom. The number of hydrogen-bond donors (Lipinski definition) is 1. The van der Waals surface area contributed by atoms with Crippen LogP contribution in [-0.2, 0) is 9.59 Å². The van der Waals surface area contributed by atoms with Crippen molar-refractivity contribution in [3.05, 3.63) is 54.6 Å². The van der Waals surface area contributed by atoms with Gasteiger partial charge in [0.05, 0.1) is 18.7 Å². The van der Waals surface area contributed by atoms with Gasteiger partial charge >= 0.3 is 0 Å². The maximum atomic E-state index is 13.1. The summed E-state index contributed by atoms with van der Waals surface area (Å²) in [7, 11) is 0. The van der Waals surface area contributed by atoms with Gasteiger partial charge in [-0.2, -0.15) is 0 Å². The standard InChI is InChI=1S/C22H25N3O3S/c1-4-28-18-12-10-16(11-13-18)23-20(26)14-19-21(27)25(17-8-6-5-7-9-17)22(29)24(19)15(2)3/h5-13,15,19H,4,14H2,1-3H3,(H,23,26)/t19-/m1/s1. The second kappa shape index (κ2) is 9.05. The lowest BCUT2D eigenvalue weighted by molar-refractivity contribution is -0.124. The number of anilines is 2. The third kappa shape index (κ3) is 4.56. The van der Waals surface area contributed by atoms with Crippen molar-refractivity contribution < 1.29 is 14.3 Å². The Morgan fingerprint density at radius 2 is 1.79 bits per heavy atom. The van der Waals surface area contributed by atoms with Gasteiger partial charge in [-0.25, -0.2) is 0 Å². The van der Waals surface area contributed by atoms with E-state index in [0.29, 0.717) is 23.1 Å².